The molecule has 1 N–H and O–H groups in total. The lowest BCUT2D eigenvalue weighted by molar-refractivity contribution is -0.499. The average molecular weight is 324 g/mol. The third-order valence-corrected chi connectivity index (χ3v) is 4.87. The number of ether oxygens (including phenoxy) is 1. The summed E-state index contributed by atoms with van der Waals surface area (Å²) in [5.41, 5.74) is 0. The van der Waals surface area contributed by atoms with Gasteiger partial charge in [0.1, 0.15) is 6.67 Å². The number of urea groups is 1. The van der Waals surface area contributed by atoms with E-state index in [4.69, 9.17) is 4.74 Å². The van der Waals surface area contributed by atoms with E-state index in [0.29, 0.717) is 13.2 Å². The van der Waals surface area contributed by atoms with Gasteiger partial charge in [0.2, 0.25) is 5.91 Å². The summed E-state index contributed by atoms with van der Waals surface area (Å²) in [6.45, 7) is 7.04. The van der Waals surface area contributed by atoms with Crippen LogP contribution in [0.1, 0.15) is 6.42 Å². The number of hydrogen-bond acceptors (Lipinski definition) is 5. The van der Waals surface area contributed by atoms with Gasteiger partial charge in [0.05, 0.1) is 20.3 Å². The quantitative estimate of drug-likeness (QED) is 0.624. The minimum absolute atomic E-state index is 0.117. The Bertz CT molecular complexity index is 503. The van der Waals surface area contributed by atoms with Crippen molar-refractivity contribution >= 4 is 17.8 Å². The highest BCUT2D eigenvalue weighted by atomic mass is 16.5. The monoisotopic (exact) mass is 324 g/mol. The summed E-state index contributed by atoms with van der Waals surface area (Å²) in [6.07, 6.45) is 1.07. The normalized spacial score (nSPS) is 27.2. The van der Waals surface area contributed by atoms with Crippen LogP contribution in [0.5, 0.6) is 0 Å². The Morgan fingerprint density at radius 2 is 1.78 bits per heavy atom. The number of imide groups is 1. The van der Waals surface area contributed by atoms with Crippen molar-refractivity contribution in [2.24, 2.45) is 5.92 Å². The summed E-state index contributed by atoms with van der Waals surface area (Å²) in [5, 5.41) is 0. The zero-order valence-corrected chi connectivity index (χ0v) is 14.0. The first-order valence-corrected chi connectivity index (χ1v) is 8.26. The molecule has 8 heteroatoms. The van der Waals surface area contributed by atoms with E-state index in [2.05, 4.69) is 14.8 Å². The summed E-state index contributed by atoms with van der Waals surface area (Å²) in [6, 6.07) is -0.269. The Morgan fingerprint density at radius 3 is 2.52 bits per heavy atom. The number of amidine groups is 1. The molecule has 2 saturated heterocycles. The summed E-state index contributed by atoms with van der Waals surface area (Å²) in [4.78, 5) is 35.0. The molecular weight excluding hydrogens is 298 g/mol. The van der Waals surface area contributed by atoms with E-state index in [1.807, 2.05) is 0 Å². The van der Waals surface area contributed by atoms with E-state index in [1.165, 1.54) is 4.90 Å². The van der Waals surface area contributed by atoms with E-state index in [0.717, 1.165) is 51.6 Å². The van der Waals surface area contributed by atoms with Crippen LogP contribution in [0.4, 0.5) is 4.79 Å². The van der Waals surface area contributed by atoms with Crippen LogP contribution in [0.25, 0.3) is 0 Å². The second kappa shape index (κ2) is 6.94. The molecule has 3 rings (SSSR count). The first-order valence-electron chi connectivity index (χ1n) is 8.26. The van der Waals surface area contributed by atoms with Crippen LogP contribution >= 0.6 is 0 Å². The Morgan fingerprint density at radius 1 is 1.09 bits per heavy atom. The van der Waals surface area contributed by atoms with E-state index in [9.17, 15) is 9.59 Å². The molecule has 3 heterocycles. The average Bonchev–Trinajstić information content (AvgIpc) is 2.59. The van der Waals surface area contributed by atoms with Gasteiger partial charge in [0, 0.05) is 33.2 Å². The minimum atomic E-state index is -0.269. The Balaban J connectivity index is 1.53. The van der Waals surface area contributed by atoms with Crippen LogP contribution < -0.4 is 4.99 Å². The highest BCUT2D eigenvalue weighted by Crippen LogP contribution is 2.16. The van der Waals surface area contributed by atoms with Gasteiger partial charge in [-0.2, -0.15) is 4.90 Å². The molecule has 0 aliphatic carbocycles. The number of carbonyl (C=O) groups is 2. The highest BCUT2D eigenvalue weighted by Gasteiger charge is 2.48. The van der Waals surface area contributed by atoms with Crippen molar-refractivity contribution in [1.82, 2.24) is 19.6 Å². The molecular formula is C15H26N5O3+. The molecule has 8 nitrogen and oxygen atoms in total. The van der Waals surface area contributed by atoms with Crippen LogP contribution in [-0.2, 0) is 9.53 Å². The maximum Gasteiger partial charge on any atom is 0.417 e. The van der Waals surface area contributed by atoms with Crippen LogP contribution in [0, 0.1) is 5.92 Å². The van der Waals surface area contributed by atoms with Gasteiger partial charge in [-0.25, -0.2) is 9.69 Å². The summed E-state index contributed by atoms with van der Waals surface area (Å²) >= 11 is 0. The van der Waals surface area contributed by atoms with Gasteiger partial charge >= 0.3 is 6.03 Å². The minimum Gasteiger partial charge on any atom is -0.379 e. The van der Waals surface area contributed by atoms with Gasteiger partial charge < -0.3 is 4.74 Å². The molecule has 23 heavy (non-hydrogen) atoms. The molecule has 0 aromatic heterocycles. The van der Waals surface area contributed by atoms with Gasteiger partial charge in [0.15, 0.2) is 5.92 Å². The molecule has 2 fully saturated rings. The Hall–Kier alpha value is -1.51. The number of carbonyl (C=O) groups excluding carboxylic acids is 2. The summed E-state index contributed by atoms with van der Waals surface area (Å²) < 4.78 is 5.36. The highest BCUT2D eigenvalue weighted by molar-refractivity contribution is 6.16. The molecule has 0 aromatic carbocycles. The molecule has 0 saturated carbocycles. The van der Waals surface area contributed by atoms with Gasteiger partial charge in [0.25, 0.3) is 5.84 Å². The number of nitrogens with one attached hydrogen (secondary N) is 1. The van der Waals surface area contributed by atoms with Crippen molar-refractivity contribution < 1.29 is 19.3 Å². The molecule has 3 aliphatic rings. The SMILES string of the molecule is CN1C(=O)C2CN(CCCN3CCOCC3)C[NH+]=C2N(C)C1=O. The predicted octanol–water partition coefficient (Wildman–Crippen LogP) is -2.40. The summed E-state index contributed by atoms with van der Waals surface area (Å²) in [5.74, 6) is 0.357. The number of nitrogens with zero attached hydrogens (tertiary/aromatic N) is 4. The van der Waals surface area contributed by atoms with Crippen LogP contribution in [0.3, 0.4) is 0 Å². The van der Waals surface area contributed by atoms with Crippen LogP contribution in [0.2, 0.25) is 0 Å². The number of morpholine rings is 1. The maximum atomic E-state index is 12.4. The fraction of sp³-hybridized carbons (Fsp3) is 0.800. The fourth-order valence-electron chi connectivity index (χ4n) is 3.44. The molecule has 0 radical (unpaired) electrons. The molecule has 0 aromatic rings. The van der Waals surface area contributed by atoms with E-state index in [1.54, 1.807) is 19.0 Å². The van der Waals surface area contributed by atoms with Crippen molar-refractivity contribution in [3.05, 3.63) is 0 Å². The first kappa shape index (κ1) is 16.4. The second-order valence-corrected chi connectivity index (χ2v) is 6.40. The molecule has 1 unspecified atom stereocenters. The van der Waals surface area contributed by atoms with Crippen molar-refractivity contribution in [2.45, 2.75) is 6.42 Å². The topological polar surface area (TPSA) is 70.3 Å². The van der Waals surface area contributed by atoms with Gasteiger partial charge in [-0.15, -0.1) is 0 Å². The van der Waals surface area contributed by atoms with E-state index >= 15 is 0 Å². The molecule has 0 spiro atoms. The molecule has 128 valence electrons. The molecule has 1 atom stereocenters. The van der Waals surface area contributed by atoms with E-state index in [-0.39, 0.29) is 17.9 Å². The smallest absolute Gasteiger partial charge is 0.379 e. The van der Waals surface area contributed by atoms with Crippen molar-refractivity contribution in [2.75, 3.05) is 66.7 Å². The van der Waals surface area contributed by atoms with Crippen molar-refractivity contribution in [3.63, 3.8) is 0 Å². The standard InChI is InChI=1S/C15H25N5O3/c1-17-13-12(14(21)18(2)15(17)22)10-20(11-16-13)5-3-4-19-6-8-23-9-7-19/h12H,3-11H2,1-2H3/p+1. The lowest BCUT2D eigenvalue weighted by Gasteiger charge is -2.36. The van der Waals surface area contributed by atoms with E-state index < -0.39 is 0 Å². The predicted molar refractivity (Wildman–Crippen MR) is 83.7 cm³/mol. The zero-order valence-electron chi connectivity index (χ0n) is 14.0. The van der Waals surface area contributed by atoms with Gasteiger partial charge in [-0.05, 0) is 13.0 Å². The third kappa shape index (κ3) is 3.39. The van der Waals surface area contributed by atoms with Gasteiger partial charge in [-0.1, -0.05) is 0 Å². The van der Waals surface area contributed by atoms with Gasteiger partial charge in [-0.3, -0.25) is 19.6 Å². The number of hydrogen-bond donors (Lipinski definition) is 1. The van der Waals surface area contributed by atoms with Crippen molar-refractivity contribution in [1.29, 1.82) is 0 Å². The fourth-order valence-corrected chi connectivity index (χ4v) is 3.44. The molecule has 3 amide bonds. The lowest BCUT2D eigenvalue weighted by Crippen LogP contribution is -2.87. The zero-order chi connectivity index (χ0) is 16.4. The third-order valence-electron chi connectivity index (χ3n) is 4.87. The second-order valence-electron chi connectivity index (χ2n) is 6.40. The molecule has 0 bridgehead atoms. The van der Waals surface area contributed by atoms with Crippen LogP contribution in [-0.4, -0.2) is 104 Å². The number of fused-ring (bicyclic) bond motifs is 1. The number of rotatable bonds is 4. The van der Waals surface area contributed by atoms with Crippen LogP contribution in [0.15, 0.2) is 0 Å². The first-order chi connectivity index (χ1) is 11.1. The largest absolute Gasteiger partial charge is 0.417 e. The molecule has 3 aliphatic heterocycles. The maximum absolute atomic E-state index is 12.4. The Kier molecular flexibility index (Phi) is 4.93. The summed E-state index contributed by atoms with van der Waals surface area (Å²) in [7, 11) is 3.27. The Labute approximate surface area is 136 Å². The number of amides is 3. The lowest BCUT2D eigenvalue weighted by atomic mass is 10.0. The van der Waals surface area contributed by atoms with Crippen molar-refractivity contribution in [3.8, 4) is 0 Å².